The third-order valence-corrected chi connectivity index (χ3v) is 4.13. The minimum absolute atomic E-state index is 0.00263. The van der Waals surface area contributed by atoms with Crippen LogP contribution in [-0.4, -0.2) is 41.7 Å². The Kier molecular flexibility index (Phi) is 5.20. The Hall–Kier alpha value is -1.59. The first-order valence-electron chi connectivity index (χ1n) is 7.37. The van der Waals surface area contributed by atoms with E-state index in [4.69, 9.17) is 10.5 Å². The molecule has 0 atom stereocenters. The van der Waals surface area contributed by atoms with Crippen molar-refractivity contribution in [3.05, 3.63) is 29.8 Å². The highest BCUT2D eigenvalue weighted by Crippen LogP contribution is 2.33. The Morgan fingerprint density at radius 3 is 2.71 bits per heavy atom. The summed E-state index contributed by atoms with van der Waals surface area (Å²) in [5.41, 5.74) is 6.74. The van der Waals surface area contributed by atoms with E-state index in [0.29, 0.717) is 19.5 Å². The second-order valence-corrected chi connectivity index (χ2v) is 5.74. The van der Waals surface area contributed by atoms with Gasteiger partial charge in [-0.3, -0.25) is 4.79 Å². The first-order chi connectivity index (χ1) is 10.1. The van der Waals surface area contributed by atoms with Crippen molar-refractivity contribution in [2.75, 3.05) is 20.3 Å². The van der Waals surface area contributed by atoms with Crippen LogP contribution in [0.3, 0.4) is 0 Å². The first-order valence-corrected chi connectivity index (χ1v) is 7.37. The van der Waals surface area contributed by atoms with Crippen LogP contribution in [0.15, 0.2) is 24.3 Å². The summed E-state index contributed by atoms with van der Waals surface area (Å²) in [5.74, 6) is 0.747. The lowest BCUT2D eigenvalue weighted by atomic mass is 9.75. The van der Waals surface area contributed by atoms with Gasteiger partial charge in [-0.2, -0.15) is 0 Å². The van der Waals surface area contributed by atoms with Crippen LogP contribution in [0.25, 0.3) is 0 Å². The van der Waals surface area contributed by atoms with Crippen LogP contribution < -0.4 is 10.5 Å². The Bertz CT molecular complexity index is 486. The van der Waals surface area contributed by atoms with Gasteiger partial charge >= 0.3 is 0 Å². The van der Waals surface area contributed by atoms with Crippen molar-refractivity contribution in [1.29, 1.82) is 0 Å². The number of carbonyl (C=O) groups is 1. The maximum atomic E-state index is 12.4. The average Bonchev–Trinajstić information content (AvgIpc) is 2.45. The molecule has 0 radical (unpaired) electrons. The van der Waals surface area contributed by atoms with Crippen LogP contribution in [0.1, 0.15) is 31.2 Å². The van der Waals surface area contributed by atoms with Gasteiger partial charge in [0.25, 0.3) is 0 Å². The summed E-state index contributed by atoms with van der Waals surface area (Å²) < 4.78 is 5.31. The van der Waals surface area contributed by atoms with Gasteiger partial charge in [0.05, 0.1) is 13.7 Å². The maximum absolute atomic E-state index is 12.4. The van der Waals surface area contributed by atoms with Crippen molar-refractivity contribution in [2.24, 2.45) is 5.73 Å². The van der Waals surface area contributed by atoms with E-state index in [1.807, 2.05) is 24.3 Å². The van der Waals surface area contributed by atoms with Crippen molar-refractivity contribution in [2.45, 2.75) is 37.8 Å². The molecule has 0 aromatic heterocycles. The molecular weight excluding hydrogens is 268 g/mol. The molecule has 0 heterocycles. The molecule has 0 saturated heterocycles. The molecule has 3 N–H and O–H groups in total. The first kappa shape index (κ1) is 15.8. The number of nitrogens with two attached hydrogens (primary N) is 1. The Balaban J connectivity index is 2.05. The van der Waals surface area contributed by atoms with Gasteiger partial charge in [-0.15, -0.1) is 0 Å². The number of amides is 1. The predicted octanol–water partition coefficient (Wildman–Crippen LogP) is 1.29. The molecule has 116 valence electrons. The number of rotatable bonds is 7. The molecule has 0 aliphatic heterocycles. The normalized spacial score (nSPS) is 16.1. The lowest BCUT2D eigenvalue weighted by Gasteiger charge is -2.39. The quantitative estimate of drug-likeness (QED) is 0.794. The number of nitrogens with zero attached hydrogens (tertiary/aromatic N) is 1. The molecule has 1 amide bonds. The second-order valence-electron chi connectivity index (χ2n) is 5.74. The number of hydrogen-bond donors (Lipinski definition) is 2. The average molecular weight is 292 g/mol. The zero-order chi connectivity index (χ0) is 15.3. The number of hydrogen-bond acceptors (Lipinski definition) is 4. The predicted molar refractivity (Wildman–Crippen MR) is 80.9 cm³/mol. The highest BCUT2D eigenvalue weighted by Gasteiger charge is 2.36. The zero-order valence-electron chi connectivity index (χ0n) is 12.5. The maximum Gasteiger partial charge on any atom is 0.224 e. The number of ether oxygens (including phenoxy) is 1. The lowest BCUT2D eigenvalue weighted by Crippen LogP contribution is -2.50. The summed E-state index contributed by atoms with van der Waals surface area (Å²) in [5, 5.41) is 9.20. The molecule has 5 heteroatoms. The molecule has 1 aromatic carbocycles. The van der Waals surface area contributed by atoms with Crippen molar-refractivity contribution < 1.29 is 14.6 Å². The van der Waals surface area contributed by atoms with Crippen LogP contribution >= 0.6 is 0 Å². The van der Waals surface area contributed by atoms with E-state index in [2.05, 4.69) is 0 Å². The van der Waals surface area contributed by atoms with Gasteiger partial charge in [0, 0.05) is 30.6 Å². The standard InChI is InChI=1S/C16H24N2O3/c1-21-14-6-3-2-5-13(14)12-18(9-10-19)15(20)11-16(17)7-4-8-16/h2-3,5-6,19H,4,7-12,17H2,1H3. The van der Waals surface area contributed by atoms with Gasteiger partial charge in [0.15, 0.2) is 0 Å². The largest absolute Gasteiger partial charge is 0.496 e. The number of aliphatic hydroxyl groups is 1. The molecule has 0 spiro atoms. The third kappa shape index (κ3) is 3.95. The fraction of sp³-hybridized carbons (Fsp3) is 0.562. The topological polar surface area (TPSA) is 75.8 Å². The molecular formula is C16H24N2O3. The number of methoxy groups -OCH3 is 1. The van der Waals surface area contributed by atoms with E-state index in [1.54, 1.807) is 12.0 Å². The summed E-state index contributed by atoms with van der Waals surface area (Å²) >= 11 is 0. The molecule has 2 rings (SSSR count). The van der Waals surface area contributed by atoms with Gasteiger partial charge in [-0.1, -0.05) is 18.2 Å². The van der Waals surface area contributed by atoms with E-state index < -0.39 is 0 Å². The fourth-order valence-corrected chi connectivity index (χ4v) is 2.67. The van der Waals surface area contributed by atoms with E-state index in [9.17, 15) is 9.90 Å². The summed E-state index contributed by atoms with van der Waals surface area (Å²) in [4.78, 5) is 14.1. The van der Waals surface area contributed by atoms with Crippen LogP contribution in [0.2, 0.25) is 0 Å². The Labute approximate surface area is 125 Å². The molecule has 1 fully saturated rings. The molecule has 0 unspecified atom stereocenters. The molecule has 1 aliphatic rings. The van der Waals surface area contributed by atoms with Crippen LogP contribution in [0.5, 0.6) is 5.75 Å². The smallest absolute Gasteiger partial charge is 0.224 e. The molecule has 1 aliphatic carbocycles. The molecule has 1 aromatic rings. The molecule has 1 saturated carbocycles. The van der Waals surface area contributed by atoms with E-state index >= 15 is 0 Å². The van der Waals surface area contributed by atoms with E-state index in [1.165, 1.54) is 0 Å². The van der Waals surface area contributed by atoms with E-state index in [0.717, 1.165) is 30.6 Å². The fourth-order valence-electron chi connectivity index (χ4n) is 2.67. The molecule has 21 heavy (non-hydrogen) atoms. The number of benzene rings is 1. The zero-order valence-corrected chi connectivity index (χ0v) is 12.5. The number of carbonyl (C=O) groups excluding carboxylic acids is 1. The van der Waals surface area contributed by atoms with E-state index in [-0.39, 0.29) is 18.1 Å². The highest BCUT2D eigenvalue weighted by atomic mass is 16.5. The monoisotopic (exact) mass is 292 g/mol. The van der Waals surface area contributed by atoms with Gasteiger partial charge in [0.1, 0.15) is 5.75 Å². The lowest BCUT2D eigenvalue weighted by molar-refractivity contribution is -0.134. The van der Waals surface area contributed by atoms with Crippen LogP contribution in [0, 0.1) is 0 Å². The minimum atomic E-state index is -0.342. The Morgan fingerprint density at radius 2 is 2.14 bits per heavy atom. The van der Waals surface area contributed by atoms with Crippen molar-refractivity contribution in [3.8, 4) is 5.75 Å². The van der Waals surface area contributed by atoms with Gasteiger partial charge in [-0.25, -0.2) is 0 Å². The van der Waals surface area contributed by atoms with Crippen LogP contribution in [-0.2, 0) is 11.3 Å². The SMILES string of the molecule is COc1ccccc1CN(CCO)C(=O)CC1(N)CCC1. The molecule has 0 bridgehead atoms. The molecule has 5 nitrogen and oxygen atoms in total. The highest BCUT2D eigenvalue weighted by molar-refractivity contribution is 5.77. The summed E-state index contributed by atoms with van der Waals surface area (Å²) in [7, 11) is 1.61. The summed E-state index contributed by atoms with van der Waals surface area (Å²) in [6, 6.07) is 7.60. The summed E-state index contributed by atoms with van der Waals surface area (Å²) in [6.45, 7) is 0.685. The van der Waals surface area contributed by atoms with Crippen molar-refractivity contribution in [3.63, 3.8) is 0 Å². The third-order valence-electron chi connectivity index (χ3n) is 4.13. The minimum Gasteiger partial charge on any atom is -0.496 e. The van der Waals surface area contributed by atoms with Crippen LogP contribution in [0.4, 0.5) is 0 Å². The summed E-state index contributed by atoms with van der Waals surface area (Å²) in [6.07, 6.45) is 3.25. The Morgan fingerprint density at radius 1 is 1.43 bits per heavy atom. The van der Waals surface area contributed by atoms with Crippen molar-refractivity contribution >= 4 is 5.91 Å². The van der Waals surface area contributed by atoms with Gasteiger partial charge in [0.2, 0.25) is 5.91 Å². The number of para-hydroxylation sites is 1. The second kappa shape index (κ2) is 6.91. The van der Waals surface area contributed by atoms with Gasteiger partial charge < -0.3 is 20.5 Å². The number of aliphatic hydroxyl groups excluding tert-OH is 1. The van der Waals surface area contributed by atoms with Gasteiger partial charge in [-0.05, 0) is 25.3 Å². The van der Waals surface area contributed by atoms with Crippen molar-refractivity contribution in [1.82, 2.24) is 4.90 Å².